The Labute approximate surface area is 328 Å². The fraction of sp³-hybridized carbons (Fsp3) is 0.0182. The lowest BCUT2D eigenvalue weighted by Crippen LogP contribution is -2.15. The normalized spacial score (nSPS) is 11.4. The lowest BCUT2D eigenvalue weighted by molar-refractivity contribution is 1.26. The third-order valence-corrected chi connectivity index (χ3v) is 11.3. The van der Waals surface area contributed by atoms with Crippen molar-refractivity contribution in [1.29, 1.82) is 0 Å². The van der Waals surface area contributed by atoms with Crippen LogP contribution in [0.4, 0.5) is 11.4 Å². The highest BCUT2D eigenvalue weighted by atomic mass is 15.1. The molecule has 56 heavy (non-hydrogen) atoms. The highest BCUT2D eigenvalue weighted by Gasteiger charge is 2.20. The summed E-state index contributed by atoms with van der Waals surface area (Å²) in [5.74, 6) is 0. The minimum Gasteiger partial charge on any atom is -0.310 e. The van der Waals surface area contributed by atoms with Crippen LogP contribution in [0.15, 0.2) is 213 Å². The number of benzene rings is 10. The molecule has 0 aliphatic heterocycles. The molecule has 10 aromatic carbocycles. The smallest absolute Gasteiger partial charge is 0.0490 e. The zero-order valence-electron chi connectivity index (χ0n) is 31.3. The van der Waals surface area contributed by atoms with Crippen LogP contribution in [0.25, 0.3) is 82.2 Å². The molecule has 0 bridgehead atoms. The van der Waals surface area contributed by atoms with Crippen LogP contribution >= 0.6 is 0 Å². The molecular formula is C55H39N. The first kappa shape index (κ1) is 33.4. The van der Waals surface area contributed by atoms with Gasteiger partial charge >= 0.3 is 0 Å². The molecule has 0 unspecified atom stereocenters. The van der Waals surface area contributed by atoms with Crippen LogP contribution in [0.5, 0.6) is 0 Å². The Balaban J connectivity index is 1.19. The molecule has 0 aliphatic rings. The van der Waals surface area contributed by atoms with E-state index in [-0.39, 0.29) is 0 Å². The lowest BCUT2D eigenvalue weighted by Gasteiger charge is -2.29. The van der Waals surface area contributed by atoms with E-state index in [0.29, 0.717) is 0 Å². The molecule has 0 aromatic heterocycles. The highest BCUT2D eigenvalue weighted by molar-refractivity contribution is 6.22. The van der Waals surface area contributed by atoms with Crippen LogP contribution in [0, 0.1) is 6.92 Å². The molecule has 0 heterocycles. The van der Waals surface area contributed by atoms with Gasteiger partial charge in [-0.1, -0.05) is 170 Å². The average molecular weight is 714 g/mol. The second kappa shape index (κ2) is 13.9. The summed E-state index contributed by atoms with van der Waals surface area (Å²) in [4.78, 5) is 2.27. The average Bonchev–Trinajstić information content (AvgIpc) is 3.26. The minimum atomic E-state index is 0.926. The van der Waals surface area contributed by atoms with Gasteiger partial charge in [0.15, 0.2) is 0 Å². The van der Waals surface area contributed by atoms with Crippen molar-refractivity contribution in [3.05, 3.63) is 224 Å². The van der Waals surface area contributed by atoms with Crippen LogP contribution in [-0.2, 0) is 0 Å². The first-order valence-corrected chi connectivity index (χ1v) is 19.3. The van der Waals surface area contributed by atoms with E-state index < -0.39 is 0 Å². The molecule has 10 aromatic rings. The lowest BCUT2D eigenvalue weighted by atomic mass is 9.84. The number of hydrogen-bond donors (Lipinski definition) is 0. The summed E-state index contributed by atoms with van der Waals surface area (Å²) in [7, 11) is 0. The van der Waals surface area contributed by atoms with Gasteiger partial charge in [0.2, 0.25) is 0 Å². The molecule has 0 atom stereocenters. The monoisotopic (exact) mass is 713 g/mol. The van der Waals surface area contributed by atoms with E-state index in [9.17, 15) is 0 Å². The maximum Gasteiger partial charge on any atom is 0.0490 e. The van der Waals surface area contributed by atoms with E-state index in [1.54, 1.807) is 0 Å². The van der Waals surface area contributed by atoms with Crippen molar-refractivity contribution in [3.63, 3.8) is 0 Å². The van der Waals surface area contributed by atoms with E-state index >= 15 is 0 Å². The quantitative estimate of drug-likeness (QED) is 0.149. The van der Waals surface area contributed by atoms with Gasteiger partial charge in [0.05, 0.1) is 0 Å². The van der Waals surface area contributed by atoms with Gasteiger partial charge in [0.1, 0.15) is 0 Å². The van der Waals surface area contributed by atoms with Gasteiger partial charge in [-0.05, 0) is 137 Å². The molecule has 0 spiro atoms. The molecule has 0 amide bonds. The minimum absolute atomic E-state index is 0.926. The topological polar surface area (TPSA) is 3.24 Å². The van der Waals surface area contributed by atoms with Crippen LogP contribution in [0.3, 0.4) is 0 Å². The van der Waals surface area contributed by atoms with Crippen LogP contribution < -0.4 is 4.90 Å². The highest BCUT2D eigenvalue weighted by Crippen LogP contribution is 2.46. The molecule has 0 fully saturated rings. The Morgan fingerprint density at radius 3 is 1.55 bits per heavy atom. The predicted molar refractivity (Wildman–Crippen MR) is 242 cm³/mol. The number of para-hydroxylation sites is 2. The maximum absolute atomic E-state index is 4.71. The van der Waals surface area contributed by atoms with E-state index in [2.05, 4.69) is 218 Å². The van der Waals surface area contributed by atoms with Gasteiger partial charge in [-0.25, -0.2) is 0 Å². The third kappa shape index (κ3) is 5.82. The number of hydrogen-bond acceptors (Lipinski definition) is 1. The van der Waals surface area contributed by atoms with Crippen molar-refractivity contribution in [2.75, 3.05) is 4.90 Å². The van der Waals surface area contributed by atoms with Gasteiger partial charge in [-0.15, -0.1) is 0 Å². The second-order valence-electron chi connectivity index (χ2n) is 14.7. The molecule has 1 nitrogen and oxygen atoms in total. The molecule has 0 aliphatic carbocycles. The second-order valence-corrected chi connectivity index (χ2v) is 14.7. The summed E-state index contributed by atoms with van der Waals surface area (Å²) in [5.41, 5.74) is 12.6. The number of rotatable bonds is 7. The summed E-state index contributed by atoms with van der Waals surface area (Å²) in [6.07, 6.45) is 0. The Kier molecular flexibility index (Phi) is 8.27. The fourth-order valence-corrected chi connectivity index (χ4v) is 8.51. The first-order valence-electron chi connectivity index (χ1n) is 19.3. The number of aryl methyl sites for hydroxylation is 1. The molecule has 264 valence electrons. The van der Waals surface area contributed by atoms with Crippen LogP contribution in [0.2, 0.25) is 0 Å². The number of fused-ring (bicyclic) bond motifs is 4. The molecule has 10 rings (SSSR count). The molecule has 0 radical (unpaired) electrons. The summed E-state index contributed by atoms with van der Waals surface area (Å²) in [6, 6.07) is 75.0. The Bertz CT molecular complexity index is 3120. The molecule has 0 saturated heterocycles. The molecular weight excluding hydrogens is 675 g/mol. The third-order valence-electron chi connectivity index (χ3n) is 11.3. The van der Waals surface area contributed by atoms with E-state index in [1.165, 1.54) is 70.9 Å². The molecule has 0 N–H and O–H groups in total. The SMILES string of the molecule is C=C(c1cccc(-c2ccc3c(-c4ccc5ccccc5c4)c4ccccc4c(-c4ccc5ccccc5c4)c3c2)c1)N(c1ccccc1)c1ccccc1C. The molecule has 1 heteroatoms. The maximum atomic E-state index is 4.71. The van der Waals surface area contributed by atoms with E-state index in [1.807, 2.05) is 0 Å². The van der Waals surface area contributed by atoms with Crippen molar-refractivity contribution >= 4 is 60.2 Å². The van der Waals surface area contributed by atoms with Gasteiger partial charge in [-0.2, -0.15) is 0 Å². The van der Waals surface area contributed by atoms with Crippen molar-refractivity contribution < 1.29 is 0 Å². The first-order chi connectivity index (χ1) is 27.6. The largest absolute Gasteiger partial charge is 0.310 e. The zero-order valence-corrected chi connectivity index (χ0v) is 31.3. The molecule has 0 saturated carbocycles. The van der Waals surface area contributed by atoms with E-state index in [4.69, 9.17) is 6.58 Å². The number of anilines is 2. The van der Waals surface area contributed by atoms with Crippen molar-refractivity contribution in [2.24, 2.45) is 0 Å². The Morgan fingerprint density at radius 1 is 0.375 bits per heavy atom. The van der Waals surface area contributed by atoms with Gasteiger partial charge in [-0.3, -0.25) is 0 Å². The fourth-order valence-electron chi connectivity index (χ4n) is 8.51. The Hall–Kier alpha value is -7.22. The van der Waals surface area contributed by atoms with E-state index in [0.717, 1.165) is 33.8 Å². The van der Waals surface area contributed by atoms with Gasteiger partial charge in [0.25, 0.3) is 0 Å². The predicted octanol–water partition coefficient (Wildman–Crippen LogP) is 15.4. The van der Waals surface area contributed by atoms with Crippen molar-refractivity contribution in [1.82, 2.24) is 0 Å². The van der Waals surface area contributed by atoms with Crippen LogP contribution in [-0.4, -0.2) is 0 Å². The zero-order chi connectivity index (χ0) is 37.6. The summed E-state index contributed by atoms with van der Waals surface area (Å²) < 4.78 is 0. The van der Waals surface area contributed by atoms with Crippen LogP contribution in [0.1, 0.15) is 11.1 Å². The standard InChI is InChI=1S/C55H39N/c1-37-15-6-13-26-53(37)56(48-22-4-3-5-23-48)38(2)41-20-14-21-44(33-41)45-31-32-51-52(36-45)55(47-30-28-40-17-8-10-19-43(40)35-47)50-25-12-11-24-49(50)54(51)46-29-27-39-16-7-9-18-42(39)34-46/h3-36H,2H2,1H3. The summed E-state index contributed by atoms with van der Waals surface area (Å²) >= 11 is 0. The number of nitrogens with zero attached hydrogens (tertiary/aromatic N) is 1. The van der Waals surface area contributed by atoms with Crippen molar-refractivity contribution in [2.45, 2.75) is 6.92 Å². The van der Waals surface area contributed by atoms with Gasteiger partial charge in [0, 0.05) is 17.1 Å². The Morgan fingerprint density at radius 2 is 0.893 bits per heavy atom. The summed E-state index contributed by atoms with van der Waals surface area (Å²) in [6.45, 7) is 6.87. The van der Waals surface area contributed by atoms with Gasteiger partial charge < -0.3 is 4.90 Å². The summed E-state index contributed by atoms with van der Waals surface area (Å²) in [5, 5.41) is 9.93. The van der Waals surface area contributed by atoms with Crippen molar-refractivity contribution in [3.8, 4) is 33.4 Å².